The Hall–Kier alpha value is -1.97. The monoisotopic (exact) mass is 515 g/mol. The minimum Gasteiger partial charge on any atom is -0.493 e. The van der Waals surface area contributed by atoms with Gasteiger partial charge in [0.15, 0.2) is 17.5 Å². The third-order valence-corrected chi connectivity index (χ3v) is 4.21. The molecule has 29 heavy (non-hydrogen) atoms. The molecule has 0 aliphatic carbocycles. The third kappa shape index (κ3) is 9.38. The van der Waals surface area contributed by atoms with E-state index in [2.05, 4.69) is 44.2 Å². The number of hydrogen-bond acceptors (Lipinski definition) is 4. The van der Waals surface area contributed by atoms with Crippen molar-refractivity contribution in [3.05, 3.63) is 42.5 Å². The predicted molar refractivity (Wildman–Crippen MR) is 129 cm³/mol. The topological polar surface area (TPSA) is 72.7 Å². The van der Waals surface area contributed by atoms with E-state index in [1.54, 1.807) is 13.3 Å². The van der Waals surface area contributed by atoms with Gasteiger partial charge in [-0.1, -0.05) is 6.07 Å². The average molecular weight is 515 g/mol. The molecule has 8 heteroatoms. The largest absolute Gasteiger partial charge is 0.493 e. The van der Waals surface area contributed by atoms with Crippen molar-refractivity contribution < 1.29 is 9.47 Å². The van der Waals surface area contributed by atoms with E-state index >= 15 is 0 Å². The van der Waals surface area contributed by atoms with Gasteiger partial charge in [-0.25, -0.2) is 4.98 Å². The lowest BCUT2D eigenvalue weighted by atomic mass is 10.1. The molecule has 162 valence electrons. The summed E-state index contributed by atoms with van der Waals surface area (Å²) in [6, 6.07) is 6.13. The standard InChI is InChI=1S/C21H33N5O2.HI/c1-4-23-21(25-12-7-14-26-15-13-22-17-26)24-11-6-8-18-9-10-19(27-3)20(16-18)28-5-2;/h9-10,13,15-17H,4-8,11-12,14H2,1-3H3,(H2,23,24,25);1H. The molecular formula is C21H34IN5O2. The van der Waals surface area contributed by atoms with Gasteiger partial charge in [0.1, 0.15) is 0 Å². The number of nitrogens with one attached hydrogen (secondary N) is 2. The molecule has 0 saturated carbocycles. The van der Waals surface area contributed by atoms with Crippen LogP contribution in [0.15, 0.2) is 41.9 Å². The molecule has 0 spiro atoms. The van der Waals surface area contributed by atoms with Crippen molar-refractivity contribution in [3.8, 4) is 11.5 Å². The molecule has 0 radical (unpaired) electrons. The van der Waals surface area contributed by atoms with Crippen molar-refractivity contribution in [3.63, 3.8) is 0 Å². The van der Waals surface area contributed by atoms with Crippen LogP contribution in [0.4, 0.5) is 0 Å². The minimum absolute atomic E-state index is 0. The highest BCUT2D eigenvalue weighted by molar-refractivity contribution is 14.0. The second-order valence-electron chi connectivity index (χ2n) is 6.36. The molecule has 1 aromatic carbocycles. The first-order chi connectivity index (χ1) is 13.8. The fourth-order valence-corrected chi connectivity index (χ4v) is 2.85. The highest BCUT2D eigenvalue weighted by Crippen LogP contribution is 2.28. The quantitative estimate of drug-likeness (QED) is 0.196. The summed E-state index contributed by atoms with van der Waals surface area (Å²) in [5, 5.41) is 6.71. The van der Waals surface area contributed by atoms with Gasteiger partial charge in [0.2, 0.25) is 0 Å². The van der Waals surface area contributed by atoms with Gasteiger partial charge in [0, 0.05) is 38.6 Å². The zero-order valence-electron chi connectivity index (χ0n) is 17.7. The Kier molecular flexibility index (Phi) is 12.9. The summed E-state index contributed by atoms with van der Waals surface area (Å²) in [4.78, 5) is 8.70. The number of aryl methyl sites for hydroxylation is 2. The number of halogens is 1. The number of benzene rings is 1. The lowest BCUT2D eigenvalue weighted by molar-refractivity contribution is 0.310. The lowest BCUT2D eigenvalue weighted by Crippen LogP contribution is -2.38. The first-order valence-electron chi connectivity index (χ1n) is 10.0. The summed E-state index contributed by atoms with van der Waals surface area (Å²) in [5.74, 6) is 2.46. The summed E-state index contributed by atoms with van der Waals surface area (Å²) >= 11 is 0. The van der Waals surface area contributed by atoms with Gasteiger partial charge in [-0.05, 0) is 50.8 Å². The first-order valence-corrected chi connectivity index (χ1v) is 10.0. The summed E-state index contributed by atoms with van der Waals surface area (Å²) < 4.78 is 13.1. The Labute approximate surface area is 191 Å². The van der Waals surface area contributed by atoms with Gasteiger partial charge in [-0.2, -0.15) is 0 Å². The van der Waals surface area contributed by atoms with Gasteiger partial charge in [-0.15, -0.1) is 24.0 Å². The van der Waals surface area contributed by atoms with Crippen molar-refractivity contribution >= 4 is 29.9 Å². The summed E-state index contributed by atoms with van der Waals surface area (Å²) in [7, 11) is 1.67. The number of nitrogens with zero attached hydrogens (tertiary/aromatic N) is 3. The second kappa shape index (κ2) is 14.9. The van der Waals surface area contributed by atoms with Crippen molar-refractivity contribution in [2.45, 2.75) is 39.7 Å². The van der Waals surface area contributed by atoms with E-state index in [1.165, 1.54) is 5.56 Å². The Morgan fingerprint density at radius 1 is 1.17 bits per heavy atom. The Balaban J connectivity index is 0.00000420. The van der Waals surface area contributed by atoms with Crippen molar-refractivity contribution in [2.24, 2.45) is 4.99 Å². The number of aromatic nitrogens is 2. The van der Waals surface area contributed by atoms with Gasteiger partial charge in [-0.3, -0.25) is 4.99 Å². The SMILES string of the molecule is CCNC(=NCCCn1ccnc1)NCCCc1ccc(OC)c(OCC)c1.I. The number of methoxy groups -OCH3 is 1. The normalized spacial score (nSPS) is 10.9. The highest BCUT2D eigenvalue weighted by Gasteiger charge is 2.05. The van der Waals surface area contributed by atoms with E-state index < -0.39 is 0 Å². The van der Waals surface area contributed by atoms with E-state index in [-0.39, 0.29) is 24.0 Å². The minimum atomic E-state index is 0. The molecule has 0 bridgehead atoms. The number of aliphatic imine (C=N–C) groups is 1. The van der Waals surface area contributed by atoms with Crippen LogP contribution in [-0.2, 0) is 13.0 Å². The maximum Gasteiger partial charge on any atom is 0.191 e. The molecule has 0 atom stereocenters. The molecule has 2 N–H and O–H groups in total. The Morgan fingerprint density at radius 3 is 2.72 bits per heavy atom. The number of imidazole rings is 1. The van der Waals surface area contributed by atoms with Crippen molar-refractivity contribution in [2.75, 3.05) is 33.4 Å². The van der Waals surface area contributed by atoms with Gasteiger partial charge in [0.05, 0.1) is 20.0 Å². The van der Waals surface area contributed by atoms with Crippen LogP contribution in [0.25, 0.3) is 0 Å². The molecule has 0 saturated heterocycles. The lowest BCUT2D eigenvalue weighted by Gasteiger charge is -2.13. The number of hydrogen-bond donors (Lipinski definition) is 2. The molecule has 1 aromatic heterocycles. The van der Waals surface area contributed by atoms with Crippen LogP contribution in [0.3, 0.4) is 0 Å². The molecule has 2 rings (SSSR count). The van der Waals surface area contributed by atoms with Crippen LogP contribution < -0.4 is 20.1 Å². The molecule has 0 aliphatic rings. The zero-order valence-corrected chi connectivity index (χ0v) is 20.0. The fourth-order valence-electron chi connectivity index (χ4n) is 2.85. The zero-order chi connectivity index (χ0) is 20.0. The Bertz CT molecular complexity index is 707. The summed E-state index contributed by atoms with van der Waals surface area (Å²) in [6.45, 7) is 8.12. The third-order valence-electron chi connectivity index (χ3n) is 4.21. The predicted octanol–water partition coefficient (Wildman–Crippen LogP) is 3.49. The molecule has 7 nitrogen and oxygen atoms in total. The Morgan fingerprint density at radius 2 is 2.03 bits per heavy atom. The smallest absolute Gasteiger partial charge is 0.191 e. The van der Waals surface area contributed by atoms with Gasteiger partial charge in [0.25, 0.3) is 0 Å². The van der Waals surface area contributed by atoms with Crippen molar-refractivity contribution in [1.82, 2.24) is 20.2 Å². The van der Waals surface area contributed by atoms with E-state index in [0.717, 1.165) is 62.9 Å². The second-order valence-corrected chi connectivity index (χ2v) is 6.36. The molecule has 2 aromatic rings. The van der Waals surface area contributed by atoms with E-state index in [4.69, 9.17) is 9.47 Å². The molecule has 0 unspecified atom stereocenters. The molecule has 0 fully saturated rings. The van der Waals surface area contributed by atoms with Crippen LogP contribution in [0.2, 0.25) is 0 Å². The van der Waals surface area contributed by atoms with E-state index in [9.17, 15) is 0 Å². The molecular weight excluding hydrogens is 481 g/mol. The summed E-state index contributed by atoms with van der Waals surface area (Å²) in [5.41, 5.74) is 1.24. The first kappa shape index (κ1) is 25.1. The van der Waals surface area contributed by atoms with Crippen molar-refractivity contribution in [1.29, 1.82) is 0 Å². The highest BCUT2D eigenvalue weighted by atomic mass is 127. The van der Waals surface area contributed by atoms with Crippen LogP contribution in [-0.4, -0.2) is 48.9 Å². The summed E-state index contributed by atoms with van der Waals surface area (Å²) in [6.07, 6.45) is 8.58. The number of guanidine groups is 1. The van der Waals surface area contributed by atoms with Crippen LogP contribution in [0.5, 0.6) is 11.5 Å². The van der Waals surface area contributed by atoms with Crippen LogP contribution >= 0.6 is 24.0 Å². The average Bonchev–Trinajstić information content (AvgIpc) is 3.22. The van der Waals surface area contributed by atoms with Gasteiger partial charge >= 0.3 is 0 Å². The maximum absolute atomic E-state index is 5.65. The van der Waals surface area contributed by atoms with E-state index in [0.29, 0.717) is 6.61 Å². The molecule has 0 amide bonds. The van der Waals surface area contributed by atoms with Crippen LogP contribution in [0.1, 0.15) is 32.3 Å². The number of rotatable bonds is 12. The molecule has 0 aliphatic heterocycles. The van der Waals surface area contributed by atoms with Crippen LogP contribution in [0, 0.1) is 0 Å². The number of ether oxygens (including phenoxy) is 2. The fraction of sp³-hybridized carbons (Fsp3) is 0.524. The van der Waals surface area contributed by atoms with E-state index in [1.807, 2.05) is 25.5 Å². The maximum atomic E-state index is 5.65. The van der Waals surface area contributed by atoms with Gasteiger partial charge < -0.3 is 24.7 Å². The molecule has 1 heterocycles.